The summed E-state index contributed by atoms with van der Waals surface area (Å²) >= 11 is 0. The molecule has 614 valence electrons. The van der Waals surface area contributed by atoms with Crippen LogP contribution in [-0.4, -0.2) is 200 Å². The maximum absolute atomic E-state index is 11.2. The molecule has 5 unspecified atom stereocenters. The van der Waals surface area contributed by atoms with E-state index in [1.807, 2.05) is 34.6 Å². The Morgan fingerprint density at radius 1 is 0.294 bits per heavy atom. The summed E-state index contributed by atoms with van der Waals surface area (Å²) in [6.07, 6.45) is 66.1. The average Bonchev–Trinajstić information content (AvgIpc) is 0.867. The molecule has 102 heavy (non-hydrogen) atoms. The SMILES string of the molecule is CCCCCCCCCCCCCCCCCC[NH+](C)CCC[Si](OCC)(OCC)OC(C)COCC(COCC(C)O[Si](O)(O)CCC[N+](C)(C)CCCCCCCCCCCCCCCCCC)OCC(C)O[Si](O)(O)CCC[N+](C)(C)CCCCCCCCCCCCCCCCCC. The second kappa shape index (κ2) is 70.2. The Kier molecular flexibility index (Phi) is 70.2. The molecule has 0 amide bonds. The van der Waals surface area contributed by atoms with E-state index in [1.54, 1.807) is 4.90 Å². The number of nitrogens with one attached hydrogen (secondary N) is 1. The molecular weight excluding hydrogens is 1330 g/mol. The summed E-state index contributed by atoms with van der Waals surface area (Å²) in [4.78, 5) is 46.3. The van der Waals surface area contributed by atoms with E-state index < -0.39 is 44.7 Å². The Labute approximate surface area is 638 Å². The third-order valence-electron chi connectivity index (χ3n) is 21.1. The molecule has 0 bridgehead atoms. The Morgan fingerprint density at radius 3 is 0.853 bits per heavy atom. The van der Waals surface area contributed by atoms with Crippen LogP contribution >= 0.6 is 0 Å². The lowest BCUT2D eigenvalue weighted by molar-refractivity contribution is -0.890. The standard InChI is InChI=1S/C84H181N3O12Si3/c1-14-19-22-25-28-31-34-37-40-43-46-49-52-55-58-61-67-85(9)68-64-75-102(95-17-4,96-18-5)99-82(7)77-93-80-84(94-78-83(8)98-101(90,91)74-66-72-87(12,13)70-63-60-57-54-51-48-45-42-39-36-33-30-27-24-21-16-3)79-92-76-81(6)97-100(88,89)73-65-71-86(10,11)69-62-59-56-53-50-47-44-41-38-35-32-29-26-23-20-15-2/h81-84,88-91H,14-80H2,1-13H3/q+2/p+1. The molecule has 0 aromatic heterocycles. The highest BCUT2D eigenvalue weighted by Crippen LogP contribution is 2.24. The Morgan fingerprint density at radius 2 is 0.549 bits per heavy atom. The molecule has 0 spiro atoms. The van der Waals surface area contributed by atoms with Crippen LogP contribution in [0.3, 0.4) is 0 Å². The van der Waals surface area contributed by atoms with E-state index in [0.717, 1.165) is 54.2 Å². The van der Waals surface area contributed by atoms with E-state index in [-0.39, 0.29) is 51.2 Å². The predicted molar refractivity (Wildman–Crippen MR) is 440 cm³/mol. The zero-order valence-electron chi connectivity index (χ0n) is 70.6. The van der Waals surface area contributed by atoms with Crippen molar-refractivity contribution in [2.75, 3.05) is 121 Å². The molecule has 0 heterocycles. The molecule has 0 aliphatic rings. The number of unbranched alkanes of at least 4 members (excludes halogenated alkanes) is 45. The highest BCUT2D eigenvalue weighted by Gasteiger charge is 2.42. The Hall–Kier alpha value is 0.0506. The van der Waals surface area contributed by atoms with Gasteiger partial charge >= 0.3 is 26.4 Å². The lowest BCUT2D eigenvalue weighted by atomic mass is 10.0. The second-order valence-electron chi connectivity index (χ2n) is 33.3. The van der Waals surface area contributed by atoms with Crippen molar-refractivity contribution >= 4 is 26.4 Å². The lowest BCUT2D eigenvalue weighted by Crippen LogP contribution is -3.09. The summed E-state index contributed by atoms with van der Waals surface area (Å²) in [5.41, 5.74) is 0. The van der Waals surface area contributed by atoms with Crippen molar-refractivity contribution < 1.29 is 69.4 Å². The summed E-state index contributed by atoms with van der Waals surface area (Å²) < 4.78 is 52.2. The molecule has 5 N–H and O–H groups in total. The van der Waals surface area contributed by atoms with E-state index in [1.165, 1.54) is 315 Å². The number of quaternary nitrogens is 3. The summed E-state index contributed by atoms with van der Waals surface area (Å²) in [7, 11) is 0.343. The van der Waals surface area contributed by atoms with Gasteiger partial charge in [-0.25, -0.2) is 0 Å². The van der Waals surface area contributed by atoms with Crippen molar-refractivity contribution in [3.05, 3.63) is 0 Å². The van der Waals surface area contributed by atoms with Crippen LogP contribution in [-0.2, 0) is 36.3 Å². The minimum atomic E-state index is -3.99. The molecular formula is C84H182N3O12Si3+3. The largest absolute Gasteiger partial charge is 0.501 e. The fourth-order valence-corrected chi connectivity index (χ4v) is 20.3. The van der Waals surface area contributed by atoms with Crippen LogP contribution in [0.2, 0.25) is 18.1 Å². The van der Waals surface area contributed by atoms with Crippen LogP contribution in [0.15, 0.2) is 0 Å². The quantitative estimate of drug-likeness (QED) is 0.0223. The van der Waals surface area contributed by atoms with E-state index in [9.17, 15) is 19.2 Å². The van der Waals surface area contributed by atoms with Gasteiger partial charge in [0.1, 0.15) is 6.10 Å². The van der Waals surface area contributed by atoms with Crippen LogP contribution < -0.4 is 4.90 Å². The van der Waals surface area contributed by atoms with Crippen LogP contribution in [0.1, 0.15) is 383 Å². The van der Waals surface area contributed by atoms with Gasteiger partial charge in [0.05, 0.1) is 126 Å². The molecule has 0 radical (unpaired) electrons. The molecule has 0 aromatic carbocycles. The van der Waals surface area contributed by atoms with Crippen molar-refractivity contribution in [1.29, 1.82) is 0 Å². The summed E-state index contributed by atoms with van der Waals surface area (Å²) in [5.74, 6) is 0. The number of rotatable bonds is 84. The van der Waals surface area contributed by atoms with Crippen molar-refractivity contribution in [3.63, 3.8) is 0 Å². The second-order valence-corrected chi connectivity index (χ2v) is 40.4. The first-order valence-corrected chi connectivity index (χ1v) is 50.5. The maximum atomic E-state index is 11.2. The molecule has 0 fully saturated rings. The number of hydrogen-bond donors (Lipinski definition) is 5. The summed E-state index contributed by atoms with van der Waals surface area (Å²) in [6.45, 7) is 24.5. The molecule has 0 aromatic rings. The summed E-state index contributed by atoms with van der Waals surface area (Å²) in [5, 5.41) is 0. The normalized spacial score (nSPS) is 14.3. The van der Waals surface area contributed by atoms with Crippen LogP contribution in [0.25, 0.3) is 0 Å². The average molecular weight is 1510 g/mol. The third-order valence-corrected chi connectivity index (χ3v) is 27.8. The minimum absolute atomic E-state index is 0.102. The molecule has 0 saturated heterocycles. The minimum Gasteiger partial charge on any atom is -0.390 e. The molecule has 0 aliphatic carbocycles. The maximum Gasteiger partial charge on any atom is 0.501 e. The van der Waals surface area contributed by atoms with Crippen molar-refractivity contribution in [1.82, 2.24) is 0 Å². The number of ether oxygens (including phenoxy) is 3. The van der Waals surface area contributed by atoms with Crippen LogP contribution in [0, 0.1) is 0 Å². The van der Waals surface area contributed by atoms with Crippen molar-refractivity contribution in [2.45, 2.75) is 425 Å². The number of hydrogen-bond acceptors (Lipinski definition) is 12. The molecule has 0 saturated carbocycles. The van der Waals surface area contributed by atoms with Gasteiger partial charge in [-0.1, -0.05) is 290 Å². The van der Waals surface area contributed by atoms with Crippen LogP contribution in [0.5, 0.6) is 0 Å². The van der Waals surface area contributed by atoms with Gasteiger partial charge in [-0.2, -0.15) is 0 Å². The first kappa shape index (κ1) is 102. The monoisotopic (exact) mass is 1510 g/mol. The highest BCUT2D eigenvalue weighted by atomic mass is 28.4. The number of nitrogens with zero attached hydrogens (tertiary/aromatic N) is 2. The molecule has 5 atom stereocenters. The molecule has 15 nitrogen and oxygen atoms in total. The van der Waals surface area contributed by atoms with Gasteiger partial charge in [0.2, 0.25) is 0 Å². The first-order valence-electron chi connectivity index (χ1n) is 44.5. The van der Waals surface area contributed by atoms with Gasteiger partial charge < -0.3 is 69.4 Å². The fourth-order valence-electron chi connectivity index (χ4n) is 14.7. The van der Waals surface area contributed by atoms with Gasteiger partial charge in [0, 0.05) is 50.6 Å². The van der Waals surface area contributed by atoms with Gasteiger partial charge in [0.25, 0.3) is 0 Å². The van der Waals surface area contributed by atoms with Gasteiger partial charge in [-0.3, -0.25) is 0 Å². The third kappa shape index (κ3) is 69.3. The Bertz CT molecular complexity index is 1720. The van der Waals surface area contributed by atoms with E-state index in [0.29, 0.717) is 26.1 Å². The molecule has 0 aliphatic heterocycles. The zero-order valence-corrected chi connectivity index (χ0v) is 73.6. The molecule has 0 rings (SSSR count). The predicted octanol–water partition coefficient (Wildman–Crippen LogP) is 20.1. The topological polar surface area (TPSA) is 159 Å². The van der Waals surface area contributed by atoms with Crippen molar-refractivity contribution in [2.24, 2.45) is 0 Å². The first-order chi connectivity index (χ1) is 49.1. The van der Waals surface area contributed by atoms with E-state index in [4.69, 9.17) is 36.3 Å². The fraction of sp³-hybridized carbons (Fsp3) is 1.00. The van der Waals surface area contributed by atoms with Gasteiger partial charge in [-0.15, -0.1) is 0 Å². The molecule has 18 heteroatoms. The van der Waals surface area contributed by atoms with Crippen LogP contribution in [0.4, 0.5) is 0 Å². The van der Waals surface area contributed by atoms with E-state index in [2.05, 4.69) is 56.0 Å². The smallest absolute Gasteiger partial charge is 0.390 e. The summed E-state index contributed by atoms with van der Waals surface area (Å²) in [6, 6.07) is 1.21. The Balaban J connectivity index is 5.28. The van der Waals surface area contributed by atoms with Gasteiger partial charge in [0.15, 0.2) is 0 Å². The van der Waals surface area contributed by atoms with Crippen molar-refractivity contribution in [3.8, 4) is 0 Å². The highest BCUT2D eigenvalue weighted by molar-refractivity contribution is 6.60. The zero-order chi connectivity index (χ0) is 75.4. The van der Waals surface area contributed by atoms with Gasteiger partial charge in [-0.05, 0) is 73.1 Å². The van der Waals surface area contributed by atoms with E-state index >= 15 is 0 Å². The lowest BCUT2D eigenvalue weighted by Gasteiger charge is -2.32.